The summed E-state index contributed by atoms with van der Waals surface area (Å²) in [5.41, 5.74) is 2.35. The molecule has 156 valence electrons. The van der Waals surface area contributed by atoms with Gasteiger partial charge in [-0.05, 0) is 23.6 Å². The maximum atomic E-state index is 12.7. The monoisotopic (exact) mass is 420 g/mol. The third-order valence-electron chi connectivity index (χ3n) is 5.86. The molecule has 3 aliphatic rings. The van der Waals surface area contributed by atoms with E-state index in [4.69, 9.17) is 0 Å². The van der Waals surface area contributed by atoms with Gasteiger partial charge in [0.15, 0.2) is 9.84 Å². The zero-order chi connectivity index (χ0) is 20.8. The Kier molecular flexibility index (Phi) is 5.18. The predicted octanol–water partition coefficient (Wildman–Crippen LogP) is -1.08. The highest BCUT2D eigenvalue weighted by Gasteiger charge is 2.39. The Morgan fingerprint density at radius 1 is 1.21 bits per heavy atom. The van der Waals surface area contributed by atoms with Crippen LogP contribution in [0.3, 0.4) is 0 Å². The third-order valence-corrected chi connectivity index (χ3v) is 7.46. The zero-order valence-electron chi connectivity index (χ0n) is 16.1. The summed E-state index contributed by atoms with van der Waals surface area (Å²) >= 11 is 0. The van der Waals surface area contributed by atoms with E-state index in [0.29, 0.717) is 38.2 Å². The van der Waals surface area contributed by atoms with Gasteiger partial charge in [-0.3, -0.25) is 19.7 Å². The molecule has 3 atom stereocenters. The van der Waals surface area contributed by atoms with Crippen LogP contribution in [0.5, 0.6) is 0 Å². The zero-order valence-corrected chi connectivity index (χ0v) is 16.9. The fraction of sp³-hybridized carbons (Fsp3) is 0.526. The van der Waals surface area contributed by atoms with Crippen molar-refractivity contribution in [2.45, 2.75) is 43.3 Å². The maximum absolute atomic E-state index is 12.7. The molecule has 3 heterocycles. The lowest BCUT2D eigenvalue weighted by Crippen LogP contribution is -2.52. The number of sulfone groups is 1. The van der Waals surface area contributed by atoms with Crippen LogP contribution in [0.4, 0.5) is 0 Å². The van der Waals surface area contributed by atoms with Gasteiger partial charge in [-0.2, -0.15) is 0 Å². The Hall–Kier alpha value is -2.30. The summed E-state index contributed by atoms with van der Waals surface area (Å²) in [5, 5.41) is 8.25. The highest BCUT2D eigenvalue weighted by Crippen LogP contribution is 2.28. The van der Waals surface area contributed by atoms with Crippen LogP contribution in [-0.4, -0.2) is 67.7 Å². The number of imide groups is 1. The lowest BCUT2D eigenvalue weighted by atomic mass is 10.0. The molecule has 10 heteroatoms. The number of nitrogens with zero attached hydrogens (tertiary/aromatic N) is 1. The molecule has 0 saturated carbocycles. The SMILES string of the molecule is CS(=O)(=O)[C@@H]1CNC[C@H]1NCc1ccc2c(c1)CN(C1CCC(=O)NC1=O)C2=O. The van der Waals surface area contributed by atoms with Crippen LogP contribution >= 0.6 is 0 Å². The number of benzene rings is 1. The average Bonchev–Trinajstić information content (AvgIpc) is 3.25. The van der Waals surface area contributed by atoms with E-state index < -0.39 is 27.0 Å². The predicted molar refractivity (Wildman–Crippen MR) is 105 cm³/mol. The van der Waals surface area contributed by atoms with E-state index in [2.05, 4.69) is 16.0 Å². The summed E-state index contributed by atoms with van der Waals surface area (Å²) in [6, 6.07) is 4.72. The molecular weight excluding hydrogens is 396 g/mol. The van der Waals surface area contributed by atoms with Crippen molar-refractivity contribution in [3.05, 3.63) is 34.9 Å². The fourth-order valence-corrected chi connectivity index (χ4v) is 5.50. The van der Waals surface area contributed by atoms with Crippen molar-refractivity contribution in [1.82, 2.24) is 20.9 Å². The minimum Gasteiger partial charge on any atom is -0.322 e. The average molecular weight is 420 g/mol. The molecular formula is C19H24N4O5S. The van der Waals surface area contributed by atoms with Crippen LogP contribution in [0.2, 0.25) is 0 Å². The second-order valence-electron chi connectivity index (χ2n) is 7.91. The van der Waals surface area contributed by atoms with Gasteiger partial charge in [0.1, 0.15) is 6.04 Å². The number of carbonyl (C=O) groups excluding carboxylic acids is 3. The van der Waals surface area contributed by atoms with Crippen molar-refractivity contribution < 1.29 is 22.8 Å². The Balaban J connectivity index is 1.44. The highest BCUT2D eigenvalue weighted by atomic mass is 32.2. The molecule has 0 radical (unpaired) electrons. The summed E-state index contributed by atoms with van der Waals surface area (Å²) < 4.78 is 23.8. The van der Waals surface area contributed by atoms with Gasteiger partial charge in [0.2, 0.25) is 11.8 Å². The summed E-state index contributed by atoms with van der Waals surface area (Å²) in [6.07, 6.45) is 1.81. The molecule has 0 aliphatic carbocycles. The van der Waals surface area contributed by atoms with E-state index in [9.17, 15) is 22.8 Å². The number of nitrogens with one attached hydrogen (secondary N) is 3. The Bertz CT molecular complexity index is 977. The molecule has 3 amide bonds. The van der Waals surface area contributed by atoms with E-state index in [1.807, 2.05) is 12.1 Å². The van der Waals surface area contributed by atoms with Crippen molar-refractivity contribution in [3.8, 4) is 0 Å². The van der Waals surface area contributed by atoms with Crippen LogP contribution in [0.25, 0.3) is 0 Å². The minimum atomic E-state index is -3.14. The van der Waals surface area contributed by atoms with Crippen molar-refractivity contribution in [2.24, 2.45) is 0 Å². The quantitative estimate of drug-likeness (QED) is 0.518. The lowest BCUT2D eigenvalue weighted by molar-refractivity contribution is -0.136. The number of hydrogen-bond acceptors (Lipinski definition) is 7. The first-order chi connectivity index (χ1) is 13.7. The molecule has 0 spiro atoms. The van der Waals surface area contributed by atoms with E-state index in [0.717, 1.165) is 11.1 Å². The number of rotatable bonds is 5. The molecule has 3 aliphatic heterocycles. The summed E-state index contributed by atoms with van der Waals surface area (Å²) in [5.74, 6) is -0.937. The summed E-state index contributed by atoms with van der Waals surface area (Å²) in [7, 11) is -3.14. The molecule has 0 bridgehead atoms. The minimum absolute atomic E-state index is 0.167. The first-order valence-corrected chi connectivity index (χ1v) is 11.6. The van der Waals surface area contributed by atoms with Gasteiger partial charge in [0.05, 0.1) is 5.25 Å². The van der Waals surface area contributed by atoms with Crippen LogP contribution in [0, 0.1) is 0 Å². The normalized spacial score (nSPS) is 27.3. The van der Waals surface area contributed by atoms with Gasteiger partial charge < -0.3 is 15.5 Å². The second-order valence-corrected chi connectivity index (χ2v) is 10.2. The Labute approximate surface area is 169 Å². The highest BCUT2D eigenvalue weighted by molar-refractivity contribution is 7.91. The number of carbonyl (C=O) groups is 3. The van der Waals surface area contributed by atoms with Crippen LogP contribution in [0.15, 0.2) is 18.2 Å². The molecule has 3 N–H and O–H groups in total. The second kappa shape index (κ2) is 7.51. The molecule has 1 aromatic rings. The fourth-order valence-electron chi connectivity index (χ4n) is 4.29. The molecule has 2 saturated heterocycles. The molecule has 1 aromatic carbocycles. The standard InChI is InChI=1S/C19H24N4O5S/c1-29(27,28)16-9-20-8-14(16)21-7-11-2-3-13-12(6-11)10-23(19(13)26)15-4-5-17(24)22-18(15)25/h2-3,6,14-16,20-21H,4-5,7-10H2,1H3,(H,22,24,25)/t14-,15?,16-/m1/s1. The van der Waals surface area contributed by atoms with Crippen LogP contribution in [0.1, 0.15) is 34.3 Å². The van der Waals surface area contributed by atoms with Crippen molar-refractivity contribution in [3.63, 3.8) is 0 Å². The van der Waals surface area contributed by atoms with Gasteiger partial charge in [-0.25, -0.2) is 8.42 Å². The molecule has 1 unspecified atom stereocenters. The smallest absolute Gasteiger partial charge is 0.255 e. The number of amides is 3. The molecule has 2 fully saturated rings. The Morgan fingerprint density at radius 2 is 2.00 bits per heavy atom. The van der Waals surface area contributed by atoms with E-state index in [-0.39, 0.29) is 24.3 Å². The molecule has 9 nitrogen and oxygen atoms in total. The molecule has 0 aromatic heterocycles. The van der Waals surface area contributed by atoms with Crippen LogP contribution < -0.4 is 16.0 Å². The topological polar surface area (TPSA) is 125 Å². The van der Waals surface area contributed by atoms with E-state index >= 15 is 0 Å². The third kappa shape index (κ3) is 3.92. The molecule has 4 rings (SSSR count). The largest absolute Gasteiger partial charge is 0.322 e. The maximum Gasteiger partial charge on any atom is 0.255 e. The molecule has 29 heavy (non-hydrogen) atoms. The Morgan fingerprint density at radius 3 is 2.72 bits per heavy atom. The van der Waals surface area contributed by atoms with E-state index in [1.54, 1.807) is 6.07 Å². The van der Waals surface area contributed by atoms with Crippen LogP contribution in [-0.2, 0) is 32.5 Å². The van der Waals surface area contributed by atoms with Crippen molar-refractivity contribution >= 4 is 27.6 Å². The van der Waals surface area contributed by atoms with E-state index in [1.165, 1.54) is 11.2 Å². The summed E-state index contributed by atoms with van der Waals surface area (Å²) in [6.45, 7) is 1.84. The first kappa shape index (κ1) is 20.0. The lowest BCUT2D eigenvalue weighted by Gasteiger charge is -2.29. The van der Waals surface area contributed by atoms with Gasteiger partial charge in [-0.15, -0.1) is 0 Å². The van der Waals surface area contributed by atoms with Crippen molar-refractivity contribution in [2.75, 3.05) is 19.3 Å². The summed E-state index contributed by atoms with van der Waals surface area (Å²) in [4.78, 5) is 37.7. The van der Waals surface area contributed by atoms with Gasteiger partial charge in [-0.1, -0.05) is 12.1 Å². The van der Waals surface area contributed by atoms with Gasteiger partial charge >= 0.3 is 0 Å². The first-order valence-electron chi connectivity index (χ1n) is 9.63. The number of piperidine rings is 1. The number of hydrogen-bond donors (Lipinski definition) is 3. The van der Waals surface area contributed by atoms with Gasteiger partial charge in [0, 0.05) is 50.5 Å². The number of fused-ring (bicyclic) bond motifs is 1. The van der Waals surface area contributed by atoms with Crippen molar-refractivity contribution in [1.29, 1.82) is 0 Å². The van der Waals surface area contributed by atoms with Gasteiger partial charge in [0.25, 0.3) is 5.91 Å².